The molecule has 2 aromatic heterocycles. The largest absolute Gasteiger partial charge is 0.241 e. The van der Waals surface area contributed by atoms with E-state index in [4.69, 9.17) is 12.2 Å². The number of H-pyrrole nitrogens is 1. The van der Waals surface area contributed by atoms with E-state index in [-0.39, 0.29) is 0 Å². The Kier molecular flexibility index (Phi) is 2.00. The van der Waals surface area contributed by atoms with E-state index in [1.54, 1.807) is 10.7 Å². The van der Waals surface area contributed by atoms with Crippen LogP contribution < -0.4 is 0 Å². The molecule has 0 aliphatic rings. The molecule has 3 aromatic rings. The van der Waals surface area contributed by atoms with E-state index >= 15 is 0 Å². The Morgan fingerprint density at radius 3 is 2.75 bits per heavy atom. The van der Waals surface area contributed by atoms with Crippen molar-refractivity contribution in [1.29, 1.82) is 0 Å². The fourth-order valence-corrected chi connectivity index (χ4v) is 1.74. The van der Waals surface area contributed by atoms with E-state index in [1.165, 1.54) is 0 Å². The Morgan fingerprint density at radius 2 is 1.94 bits per heavy atom. The van der Waals surface area contributed by atoms with Gasteiger partial charge in [0.15, 0.2) is 0 Å². The van der Waals surface area contributed by atoms with E-state index in [9.17, 15) is 0 Å². The molecule has 1 N–H and O–H groups in total. The SMILES string of the molecule is S=c1nnc(-c2ccccc2)c2cn[nH]n12. The molecule has 0 saturated heterocycles. The third kappa shape index (κ3) is 1.31. The summed E-state index contributed by atoms with van der Waals surface area (Å²) in [7, 11) is 0. The summed E-state index contributed by atoms with van der Waals surface area (Å²) in [5.74, 6) is 0. The number of fused-ring (bicyclic) bond motifs is 1. The Balaban J connectivity index is 2.37. The van der Waals surface area contributed by atoms with Gasteiger partial charge in [-0.3, -0.25) is 0 Å². The van der Waals surface area contributed by atoms with Crippen molar-refractivity contribution >= 4 is 17.7 Å². The minimum absolute atomic E-state index is 0.368. The van der Waals surface area contributed by atoms with Crippen molar-refractivity contribution in [2.45, 2.75) is 0 Å². The smallest absolute Gasteiger partial charge is 0.211 e. The number of aromatic amines is 1. The summed E-state index contributed by atoms with van der Waals surface area (Å²) >= 11 is 5.04. The maximum Gasteiger partial charge on any atom is 0.241 e. The first kappa shape index (κ1) is 9.17. The lowest BCUT2D eigenvalue weighted by atomic mass is 10.1. The van der Waals surface area contributed by atoms with Crippen LogP contribution in [-0.4, -0.2) is 25.0 Å². The van der Waals surface area contributed by atoms with Gasteiger partial charge in [0.05, 0.1) is 6.20 Å². The number of rotatable bonds is 1. The normalized spacial score (nSPS) is 10.8. The second-order valence-corrected chi connectivity index (χ2v) is 3.64. The molecular weight excluding hydrogens is 222 g/mol. The van der Waals surface area contributed by atoms with Crippen molar-refractivity contribution in [2.75, 3.05) is 0 Å². The van der Waals surface area contributed by atoms with Gasteiger partial charge in [-0.25, -0.2) is 9.73 Å². The highest BCUT2D eigenvalue weighted by Crippen LogP contribution is 2.19. The molecule has 0 atom stereocenters. The molecule has 0 bridgehead atoms. The molecule has 0 spiro atoms. The van der Waals surface area contributed by atoms with Gasteiger partial charge >= 0.3 is 0 Å². The van der Waals surface area contributed by atoms with Gasteiger partial charge in [-0.15, -0.1) is 10.2 Å². The average Bonchev–Trinajstić information content (AvgIpc) is 2.81. The molecule has 16 heavy (non-hydrogen) atoms. The molecule has 1 aromatic carbocycles. The van der Waals surface area contributed by atoms with E-state index in [2.05, 4.69) is 20.5 Å². The zero-order chi connectivity index (χ0) is 11.0. The minimum atomic E-state index is 0.368. The quantitative estimate of drug-likeness (QED) is 0.647. The Hall–Kier alpha value is -2.08. The van der Waals surface area contributed by atoms with Crippen LogP contribution in [0.15, 0.2) is 36.5 Å². The van der Waals surface area contributed by atoms with Crippen molar-refractivity contribution in [2.24, 2.45) is 0 Å². The first-order valence-electron chi connectivity index (χ1n) is 4.70. The van der Waals surface area contributed by atoms with Crippen LogP contribution in [0.1, 0.15) is 0 Å². The molecule has 0 saturated carbocycles. The first-order chi connectivity index (χ1) is 7.86. The molecule has 0 amide bonds. The van der Waals surface area contributed by atoms with Crippen LogP contribution in [0, 0.1) is 4.77 Å². The molecule has 5 nitrogen and oxygen atoms in total. The summed E-state index contributed by atoms with van der Waals surface area (Å²) in [5, 5.41) is 14.7. The molecule has 2 heterocycles. The first-order valence-corrected chi connectivity index (χ1v) is 5.11. The Bertz CT molecular complexity index is 685. The summed E-state index contributed by atoms with van der Waals surface area (Å²) in [4.78, 5) is 0. The summed E-state index contributed by atoms with van der Waals surface area (Å²) in [6.45, 7) is 0. The van der Waals surface area contributed by atoms with Gasteiger partial charge in [0, 0.05) is 5.56 Å². The van der Waals surface area contributed by atoms with Crippen molar-refractivity contribution in [1.82, 2.24) is 25.0 Å². The van der Waals surface area contributed by atoms with Crippen molar-refractivity contribution < 1.29 is 0 Å². The Morgan fingerprint density at radius 1 is 1.12 bits per heavy atom. The lowest BCUT2D eigenvalue weighted by Gasteiger charge is -2.00. The van der Waals surface area contributed by atoms with Crippen LogP contribution in [0.5, 0.6) is 0 Å². The van der Waals surface area contributed by atoms with Gasteiger partial charge in [0.1, 0.15) is 11.2 Å². The Labute approximate surface area is 95.7 Å². The molecule has 0 aliphatic carbocycles. The fourth-order valence-electron chi connectivity index (χ4n) is 1.56. The lowest BCUT2D eigenvalue weighted by molar-refractivity contribution is 0.794. The number of hydrogen-bond acceptors (Lipinski definition) is 4. The minimum Gasteiger partial charge on any atom is -0.211 e. The summed E-state index contributed by atoms with van der Waals surface area (Å²) < 4.78 is 2.00. The van der Waals surface area contributed by atoms with Gasteiger partial charge in [0.2, 0.25) is 4.77 Å². The topological polar surface area (TPSA) is 58.9 Å². The van der Waals surface area contributed by atoms with Gasteiger partial charge in [0.25, 0.3) is 0 Å². The standard InChI is InChI=1S/C10H7N5S/c16-10-13-12-9(7-4-2-1-3-5-7)8-6-11-14-15(8)10/h1-6,14H. The maximum absolute atomic E-state index is 5.04. The van der Waals surface area contributed by atoms with Crippen LogP contribution >= 0.6 is 12.2 Å². The number of nitrogens with one attached hydrogen (secondary N) is 1. The lowest BCUT2D eigenvalue weighted by Crippen LogP contribution is -1.98. The van der Waals surface area contributed by atoms with Gasteiger partial charge in [-0.05, 0) is 12.2 Å². The van der Waals surface area contributed by atoms with Gasteiger partial charge in [-0.2, -0.15) is 5.10 Å². The van der Waals surface area contributed by atoms with Crippen LogP contribution in [0.25, 0.3) is 16.8 Å². The highest BCUT2D eigenvalue weighted by molar-refractivity contribution is 7.71. The average molecular weight is 229 g/mol. The third-order valence-electron chi connectivity index (χ3n) is 2.30. The van der Waals surface area contributed by atoms with E-state index < -0.39 is 0 Å². The van der Waals surface area contributed by atoms with Crippen LogP contribution in [0.2, 0.25) is 0 Å². The van der Waals surface area contributed by atoms with Crippen molar-refractivity contribution in [3.05, 3.63) is 41.3 Å². The molecule has 0 fully saturated rings. The van der Waals surface area contributed by atoms with Gasteiger partial charge < -0.3 is 0 Å². The molecule has 0 aliphatic heterocycles. The predicted octanol–water partition coefficient (Wildman–Crippen LogP) is 1.85. The van der Waals surface area contributed by atoms with E-state index in [1.807, 2.05) is 30.3 Å². The third-order valence-corrected chi connectivity index (χ3v) is 2.57. The zero-order valence-electron chi connectivity index (χ0n) is 8.16. The summed E-state index contributed by atoms with van der Waals surface area (Å²) in [5.41, 5.74) is 2.58. The number of hydrogen-bond donors (Lipinski definition) is 1. The summed E-state index contributed by atoms with van der Waals surface area (Å²) in [6.07, 6.45) is 1.69. The predicted molar refractivity (Wildman–Crippen MR) is 61.4 cm³/mol. The van der Waals surface area contributed by atoms with E-state index in [0.29, 0.717) is 4.77 Å². The van der Waals surface area contributed by atoms with Crippen molar-refractivity contribution in [3.63, 3.8) is 0 Å². The second-order valence-electron chi connectivity index (χ2n) is 3.28. The molecule has 78 valence electrons. The summed E-state index contributed by atoms with van der Waals surface area (Å²) in [6, 6.07) is 9.81. The maximum atomic E-state index is 5.04. The second kappa shape index (κ2) is 3.49. The van der Waals surface area contributed by atoms with Crippen molar-refractivity contribution in [3.8, 4) is 11.3 Å². The van der Waals surface area contributed by atoms with Crippen LogP contribution in [0.3, 0.4) is 0 Å². The molecule has 0 radical (unpaired) electrons. The molecule has 3 rings (SSSR count). The molecular formula is C10H7N5S. The number of aromatic nitrogens is 5. The highest BCUT2D eigenvalue weighted by Gasteiger charge is 2.07. The van der Waals surface area contributed by atoms with E-state index in [0.717, 1.165) is 16.8 Å². The fraction of sp³-hybridized carbons (Fsp3) is 0. The monoisotopic (exact) mass is 229 g/mol. The highest BCUT2D eigenvalue weighted by atomic mass is 32.1. The molecule has 6 heteroatoms. The number of nitrogens with zero attached hydrogens (tertiary/aromatic N) is 4. The van der Waals surface area contributed by atoms with Gasteiger partial charge in [-0.1, -0.05) is 30.3 Å². The van der Waals surface area contributed by atoms with Crippen LogP contribution in [0.4, 0.5) is 0 Å². The number of benzene rings is 1. The zero-order valence-corrected chi connectivity index (χ0v) is 8.98. The van der Waals surface area contributed by atoms with Crippen LogP contribution in [-0.2, 0) is 0 Å². The molecule has 0 unspecified atom stereocenters.